The van der Waals surface area contributed by atoms with Gasteiger partial charge in [0.1, 0.15) is 12.4 Å². The van der Waals surface area contributed by atoms with Crippen LogP contribution in [-0.2, 0) is 13.2 Å². The Morgan fingerprint density at radius 3 is 2.32 bits per heavy atom. The quantitative estimate of drug-likeness (QED) is 0.591. The molecule has 3 nitrogen and oxygen atoms in total. The number of hydrogen-bond donors (Lipinski definition) is 2. The molecular weight excluding hydrogens is 355 g/mol. The molecule has 140 valence electrons. The highest BCUT2D eigenvalue weighted by molar-refractivity contribution is 5.85. The zero-order chi connectivity index (χ0) is 16.3. The summed E-state index contributed by atoms with van der Waals surface area (Å²) in [4.78, 5) is 0. The van der Waals surface area contributed by atoms with Gasteiger partial charge in [0.05, 0.1) is 0 Å². The van der Waals surface area contributed by atoms with E-state index in [1.165, 1.54) is 16.7 Å². The minimum absolute atomic E-state index is 0. The van der Waals surface area contributed by atoms with Crippen LogP contribution in [0.25, 0.3) is 0 Å². The lowest BCUT2D eigenvalue weighted by Gasteiger charge is -2.09. The first-order valence-electron chi connectivity index (χ1n) is 8.46. The lowest BCUT2D eigenvalue weighted by molar-refractivity contribution is 0.306. The van der Waals surface area contributed by atoms with Gasteiger partial charge in [-0.1, -0.05) is 48.9 Å². The Hall–Kier alpha value is -1.26. The molecule has 2 N–H and O–H groups in total. The van der Waals surface area contributed by atoms with E-state index in [4.69, 9.17) is 4.74 Å². The van der Waals surface area contributed by atoms with Crippen molar-refractivity contribution < 1.29 is 4.74 Å². The van der Waals surface area contributed by atoms with Crippen LogP contribution >= 0.6 is 24.8 Å². The van der Waals surface area contributed by atoms with Crippen LogP contribution in [0, 0.1) is 6.92 Å². The third-order valence-corrected chi connectivity index (χ3v) is 3.71. The lowest BCUT2D eigenvalue weighted by atomic mass is 10.2. The van der Waals surface area contributed by atoms with E-state index in [2.05, 4.69) is 66.9 Å². The van der Waals surface area contributed by atoms with E-state index in [0.29, 0.717) is 6.61 Å². The van der Waals surface area contributed by atoms with Crippen LogP contribution in [0.1, 0.15) is 30.0 Å². The smallest absolute Gasteiger partial charge is 0.120 e. The number of benzene rings is 2. The van der Waals surface area contributed by atoms with Crippen LogP contribution < -0.4 is 15.4 Å². The average Bonchev–Trinajstić information content (AvgIpc) is 2.58. The van der Waals surface area contributed by atoms with Gasteiger partial charge in [-0.05, 0) is 56.2 Å². The topological polar surface area (TPSA) is 33.3 Å². The first-order valence-corrected chi connectivity index (χ1v) is 8.46. The summed E-state index contributed by atoms with van der Waals surface area (Å²) in [7, 11) is 0. The zero-order valence-electron chi connectivity index (χ0n) is 15.1. The van der Waals surface area contributed by atoms with E-state index in [0.717, 1.165) is 38.3 Å². The Kier molecular flexibility index (Phi) is 13.3. The van der Waals surface area contributed by atoms with E-state index in [9.17, 15) is 0 Å². The molecule has 0 fully saturated rings. The molecule has 0 aliphatic carbocycles. The molecule has 0 aliphatic heterocycles. The number of nitrogens with one attached hydrogen (secondary N) is 2. The van der Waals surface area contributed by atoms with E-state index in [1.54, 1.807) is 0 Å². The number of aryl methyl sites for hydroxylation is 1. The summed E-state index contributed by atoms with van der Waals surface area (Å²) in [6.45, 7) is 8.87. The average molecular weight is 385 g/mol. The van der Waals surface area contributed by atoms with Gasteiger partial charge < -0.3 is 15.4 Å². The third kappa shape index (κ3) is 9.71. The number of ether oxygens (including phenoxy) is 1. The molecular formula is C20H30Cl2N2O. The predicted molar refractivity (Wildman–Crippen MR) is 111 cm³/mol. The number of rotatable bonds is 10. The van der Waals surface area contributed by atoms with Crippen molar-refractivity contribution in [1.29, 1.82) is 0 Å². The summed E-state index contributed by atoms with van der Waals surface area (Å²) in [6.07, 6.45) is 1.15. The minimum atomic E-state index is 0. The molecule has 0 unspecified atom stereocenters. The Morgan fingerprint density at radius 2 is 1.60 bits per heavy atom. The monoisotopic (exact) mass is 384 g/mol. The van der Waals surface area contributed by atoms with Crippen molar-refractivity contribution in [3.05, 3.63) is 65.2 Å². The zero-order valence-corrected chi connectivity index (χ0v) is 16.7. The fraction of sp³-hybridized carbons (Fsp3) is 0.400. The Balaban J connectivity index is 0.00000288. The van der Waals surface area contributed by atoms with Crippen molar-refractivity contribution >= 4 is 24.8 Å². The van der Waals surface area contributed by atoms with Crippen molar-refractivity contribution in [1.82, 2.24) is 10.6 Å². The molecule has 0 heterocycles. The van der Waals surface area contributed by atoms with Gasteiger partial charge in [0.2, 0.25) is 0 Å². The van der Waals surface area contributed by atoms with Gasteiger partial charge in [0, 0.05) is 6.54 Å². The fourth-order valence-electron chi connectivity index (χ4n) is 2.34. The maximum absolute atomic E-state index is 5.89. The summed E-state index contributed by atoms with van der Waals surface area (Å²) >= 11 is 0. The van der Waals surface area contributed by atoms with Crippen LogP contribution in [0.4, 0.5) is 0 Å². The second-order valence-electron chi connectivity index (χ2n) is 5.81. The Labute approximate surface area is 164 Å². The van der Waals surface area contributed by atoms with Crippen molar-refractivity contribution in [2.75, 3.05) is 19.6 Å². The summed E-state index contributed by atoms with van der Waals surface area (Å²) < 4.78 is 5.89. The van der Waals surface area contributed by atoms with Crippen molar-refractivity contribution in [2.45, 2.75) is 33.4 Å². The van der Waals surface area contributed by atoms with Gasteiger partial charge in [0.15, 0.2) is 0 Å². The largest absolute Gasteiger partial charge is 0.489 e. The number of halogens is 2. The minimum Gasteiger partial charge on any atom is -0.489 e. The highest BCUT2D eigenvalue weighted by atomic mass is 35.5. The van der Waals surface area contributed by atoms with Crippen LogP contribution in [0.15, 0.2) is 48.5 Å². The van der Waals surface area contributed by atoms with Crippen LogP contribution in [-0.4, -0.2) is 19.6 Å². The molecule has 2 rings (SSSR count). The van der Waals surface area contributed by atoms with Crippen LogP contribution in [0.5, 0.6) is 5.75 Å². The molecule has 2 aromatic carbocycles. The summed E-state index contributed by atoms with van der Waals surface area (Å²) in [6, 6.07) is 16.8. The van der Waals surface area contributed by atoms with Crippen molar-refractivity contribution in [2.24, 2.45) is 0 Å². The highest BCUT2D eigenvalue weighted by Gasteiger charge is 1.99. The fourth-order valence-corrected chi connectivity index (χ4v) is 2.34. The van der Waals surface area contributed by atoms with Gasteiger partial charge in [-0.25, -0.2) is 0 Å². The van der Waals surface area contributed by atoms with Gasteiger partial charge in [-0.2, -0.15) is 0 Å². The van der Waals surface area contributed by atoms with E-state index >= 15 is 0 Å². The summed E-state index contributed by atoms with van der Waals surface area (Å²) in [5, 5.41) is 6.80. The SMILES string of the molecule is CCNCCCNCc1cccc(OCc2ccc(C)cc2)c1.Cl.Cl. The maximum Gasteiger partial charge on any atom is 0.120 e. The highest BCUT2D eigenvalue weighted by Crippen LogP contribution is 2.15. The van der Waals surface area contributed by atoms with Crippen molar-refractivity contribution in [3.8, 4) is 5.75 Å². The molecule has 0 radical (unpaired) electrons. The lowest BCUT2D eigenvalue weighted by Crippen LogP contribution is -2.21. The molecule has 0 bridgehead atoms. The third-order valence-electron chi connectivity index (χ3n) is 3.71. The molecule has 5 heteroatoms. The van der Waals surface area contributed by atoms with Crippen LogP contribution in [0.2, 0.25) is 0 Å². The molecule has 0 atom stereocenters. The van der Waals surface area contributed by atoms with Gasteiger partial charge in [-0.3, -0.25) is 0 Å². The molecule has 25 heavy (non-hydrogen) atoms. The van der Waals surface area contributed by atoms with Crippen LogP contribution in [0.3, 0.4) is 0 Å². The normalized spacial score (nSPS) is 9.84. The summed E-state index contributed by atoms with van der Waals surface area (Å²) in [5.74, 6) is 0.928. The second kappa shape index (κ2) is 14.0. The van der Waals surface area contributed by atoms with E-state index < -0.39 is 0 Å². The van der Waals surface area contributed by atoms with E-state index in [1.807, 2.05) is 6.07 Å². The van der Waals surface area contributed by atoms with E-state index in [-0.39, 0.29) is 24.8 Å². The first-order chi connectivity index (χ1) is 11.3. The molecule has 0 aromatic heterocycles. The molecule has 2 aromatic rings. The number of hydrogen-bond acceptors (Lipinski definition) is 3. The Bertz CT molecular complexity index is 576. The molecule has 0 saturated carbocycles. The van der Waals surface area contributed by atoms with Gasteiger partial charge >= 0.3 is 0 Å². The van der Waals surface area contributed by atoms with Crippen molar-refractivity contribution in [3.63, 3.8) is 0 Å². The van der Waals surface area contributed by atoms with Gasteiger partial charge in [0.25, 0.3) is 0 Å². The Morgan fingerprint density at radius 1 is 0.880 bits per heavy atom. The maximum atomic E-state index is 5.89. The molecule has 0 saturated heterocycles. The standard InChI is InChI=1S/C20H28N2O.2ClH/c1-3-21-12-5-13-22-15-19-6-4-7-20(14-19)23-16-18-10-8-17(2)9-11-18;;/h4,6-11,14,21-22H,3,5,12-13,15-16H2,1-2H3;2*1H. The molecule has 0 spiro atoms. The second-order valence-corrected chi connectivity index (χ2v) is 5.81. The predicted octanol–water partition coefficient (Wildman–Crippen LogP) is 4.51. The van der Waals surface area contributed by atoms with Gasteiger partial charge in [-0.15, -0.1) is 24.8 Å². The first kappa shape index (κ1) is 23.7. The summed E-state index contributed by atoms with van der Waals surface area (Å²) in [5.41, 5.74) is 3.73. The molecule has 0 aliphatic rings. The molecule has 0 amide bonds.